The minimum absolute atomic E-state index is 0.496. The first kappa shape index (κ1) is 19.5. The van der Waals surface area contributed by atoms with E-state index in [1.165, 1.54) is 0 Å². The minimum atomic E-state index is -1.46. The predicted octanol–water partition coefficient (Wildman–Crippen LogP) is 0.127. The Kier molecular flexibility index (Phi) is 5.32. The molecule has 1 aromatic carbocycles. The number of nitrogens with zero attached hydrogens (tertiary/aromatic N) is 2. The number of benzene rings is 1. The molecule has 8 heteroatoms. The third-order valence-corrected chi connectivity index (χ3v) is 5.14. The van der Waals surface area contributed by atoms with Crippen molar-refractivity contribution in [1.82, 2.24) is 15.2 Å². The number of pyridine rings is 1. The second-order valence-electron chi connectivity index (χ2n) is 7.07. The summed E-state index contributed by atoms with van der Waals surface area (Å²) in [7, 11) is 0. The van der Waals surface area contributed by atoms with Crippen molar-refractivity contribution in [3.8, 4) is 23.0 Å². The van der Waals surface area contributed by atoms with Gasteiger partial charge in [-0.2, -0.15) is 5.10 Å². The highest BCUT2D eigenvalue weighted by Crippen LogP contribution is 2.28. The number of nitrogens with one attached hydrogen (secondary N) is 1. The number of hydrogen-bond acceptors (Lipinski definition) is 7. The Bertz CT molecular complexity index is 1080. The Morgan fingerprint density at radius 2 is 1.97 bits per heavy atom. The maximum Gasteiger partial charge on any atom is 0.147 e. The van der Waals surface area contributed by atoms with Crippen LogP contribution >= 0.6 is 0 Å². The first-order valence-corrected chi connectivity index (χ1v) is 9.19. The maximum atomic E-state index is 10.2. The van der Waals surface area contributed by atoms with E-state index in [9.17, 15) is 20.4 Å². The molecule has 3 aromatic rings. The molecule has 0 aliphatic carbocycles. The zero-order valence-electron chi connectivity index (χ0n) is 15.6. The first-order valence-electron chi connectivity index (χ1n) is 9.19. The maximum absolute atomic E-state index is 10.2. The molecular formula is C21H21N3O5. The molecule has 29 heavy (non-hydrogen) atoms. The van der Waals surface area contributed by atoms with Gasteiger partial charge in [-0.15, -0.1) is 0 Å². The summed E-state index contributed by atoms with van der Waals surface area (Å²) in [6.45, 7) is 1.50. The summed E-state index contributed by atoms with van der Waals surface area (Å²) in [6, 6.07) is 5.80. The molecule has 1 aliphatic rings. The molecule has 0 bridgehead atoms. The van der Waals surface area contributed by atoms with Gasteiger partial charge in [0.1, 0.15) is 30.5 Å². The molecular weight excluding hydrogens is 374 g/mol. The van der Waals surface area contributed by atoms with E-state index in [4.69, 9.17) is 4.74 Å². The number of aromatic amines is 1. The molecule has 150 valence electrons. The van der Waals surface area contributed by atoms with Crippen molar-refractivity contribution in [3.05, 3.63) is 47.9 Å². The average molecular weight is 395 g/mol. The largest absolute Gasteiger partial charge is 0.394 e. The van der Waals surface area contributed by atoms with Crippen LogP contribution in [0.2, 0.25) is 0 Å². The van der Waals surface area contributed by atoms with Gasteiger partial charge in [0.15, 0.2) is 0 Å². The zero-order chi connectivity index (χ0) is 20.5. The van der Waals surface area contributed by atoms with Crippen molar-refractivity contribution >= 4 is 10.9 Å². The van der Waals surface area contributed by atoms with Crippen molar-refractivity contribution in [2.75, 3.05) is 6.61 Å². The molecule has 1 aliphatic heterocycles. The van der Waals surface area contributed by atoms with Gasteiger partial charge in [0.25, 0.3) is 0 Å². The SMILES string of the molecule is Cc1ccncc1-c1cc(C#C[C@H]2O[C@H](CO)[C@@H](O)[C@H](O)[C@@H]2O)c2[nH]ncc2c1. The fourth-order valence-corrected chi connectivity index (χ4v) is 3.45. The van der Waals surface area contributed by atoms with Crippen molar-refractivity contribution in [1.29, 1.82) is 0 Å². The van der Waals surface area contributed by atoms with E-state index in [-0.39, 0.29) is 0 Å². The monoisotopic (exact) mass is 395 g/mol. The molecule has 5 N–H and O–H groups in total. The van der Waals surface area contributed by atoms with E-state index in [1.807, 2.05) is 25.1 Å². The molecule has 0 unspecified atom stereocenters. The molecule has 4 rings (SSSR count). The van der Waals surface area contributed by atoms with Gasteiger partial charge in [0, 0.05) is 23.3 Å². The summed E-state index contributed by atoms with van der Waals surface area (Å²) in [6.07, 6.45) is -1.12. The van der Waals surface area contributed by atoms with Gasteiger partial charge in [0.2, 0.25) is 0 Å². The van der Waals surface area contributed by atoms with E-state index in [0.29, 0.717) is 5.56 Å². The summed E-state index contributed by atoms with van der Waals surface area (Å²) in [5.74, 6) is 5.79. The van der Waals surface area contributed by atoms with E-state index >= 15 is 0 Å². The molecule has 2 aromatic heterocycles. The number of aliphatic hydroxyl groups excluding tert-OH is 4. The van der Waals surface area contributed by atoms with Gasteiger partial charge < -0.3 is 25.2 Å². The van der Waals surface area contributed by atoms with E-state index in [0.717, 1.165) is 27.6 Å². The average Bonchev–Trinajstić information content (AvgIpc) is 3.20. The third kappa shape index (κ3) is 3.62. The number of aliphatic hydroxyl groups is 4. The van der Waals surface area contributed by atoms with Gasteiger partial charge in [-0.3, -0.25) is 10.1 Å². The molecule has 3 heterocycles. The lowest BCUT2D eigenvalue weighted by molar-refractivity contribution is -0.214. The van der Waals surface area contributed by atoms with E-state index < -0.39 is 37.1 Å². The van der Waals surface area contributed by atoms with Crippen LogP contribution in [0.15, 0.2) is 36.8 Å². The lowest BCUT2D eigenvalue weighted by Gasteiger charge is -2.37. The number of hydrogen-bond donors (Lipinski definition) is 5. The molecule has 0 amide bonds. The van der Waals surface area contributed by atoms with E-state index in [2.05, 4.69) is 27.0 Å². The number of ether oxygens (including phenoxy) is 1. The van der Waals surface area contributed by atoms with Crippen LogP contribution in [0.5, 0.6) is 0 Å². The Morgan fingerprint density at radius 1 is 1.14 bits per heavy atom. The van der Waals surface area contributed by atoms with Crippen LogP contribution < -0.4 is 0 Å². The van der Waals surface area contributed by atoms with Crippen LogP contribution in [-0.4, -0.2) is 72.7 Å². The number of rotatable bonds is 2. The van der Waals surface area contributed by atoms with Crippen LogP contribution in [0.3, 0.4) is 0 Å². The standard InChI is InChI=1S/C21H21N3O5/c1-11-4-5-22-9-15(11)13-6-12(18-14(7-13)8-23-24-18)2-3-16-19(26)21(28)20(27)17(10-25)29-16/h4-9,16-17,19-21,25-28H,10H2,1H3,(H,23,24)/t16-,17-,19-,20-,21-/m1/s1. The Morgan fingerprint density at radius 3 is 2.72 bits per heavy atom. The highest BCUT2D eigenvalue weighted by Gasteiger charge is 2.42. The summed E-state index contributed by atoms with van der Waals surface area (Å²) in [5.41, 5.74) is 4.31. The Balaban J connectivity index is 1.74. The van der Waals surface area contributed by atoms with Crippen LogP contribution in [0, 0.1) is 18.8 Å². The van der Waals surface area contributed by atoms with Crippen molar-refractivity contribution in [2.24, 2.45) is 0 Å². The quantitative estimate of drug-likeness (QED) is 0.390. The summed E-state index contributed by atoms with van der Waals surface area (Å²) in [5, 5.41) is 47.2. The van der Waals surface area contributed by atoms with Crippen LogP contribution in [0.25, 0.3) is 22.0 Å². The normalized spacial score (nSPS) is 26.9. The number of aromatic nitrogens is 3. The highest BCUT2D eigenvalue weighted by molar-refractivity contribution is 5.89. The van der Waals surface area contributed by atoms with Gasteiger partial charge >= 0.3 is 0 Å². The lowest BCUT2D eigenvalue weighted by Crippen LogP contribution is -2.58. The van der Waals surface area contributed by atoms with Crippen LogP contribution in [-0.2, 0) is 4.74 Å². The van der Waals surface area contributed by atoms with Crippen LogP contribution in [0.4, 0.5) is 0 Å². The smallest absolute Gasteiger partial charge is 0.147 e. The van der Waals surface area contributed by atoms with Gasteiger partial charge in [-0.05, 0) is 36.2 Å². The summed E-state index contributed by atoms with van der Waals surface area (Å²) >= 11 is 0. The van der Waals surface area contributed by atoms with Gasteiger partial charge in [-0.1, -0.05) is 11.8 Å². The molecule has 1 saturated heterocycles. The Hall–Kier alpha value is -2.80. The minimum Gasteiger partial charge on any atom is -0.394 e. The third-order valence-electron chi connectivity index (χ3n) is 5.14. The van der Waals surface area contributed by atoms with Crippen LogP contribution in [0.1, 0.15) is 11.1 Å². The molecule has 5 atom stereocenters. The number of aryl methyl sites for hydroxylation is 1. The molecule has 0 saturated carbocycles. The fourth-order valence-electron chi connectivity index (χ4n) is 3.45. The Labute approximate surface area is 166 Å². The molecule has 8 nitrogen and oxygen atoms in total. The number of H-pyrrole nitrogens is 1. The topological polar surface area (TPSA) is 132 Å². The first-order chi connectivity index (χ1) is 14.0. The second-order valence-corrected chi connectivity index (χ2v) is 7.07. The molecule has 0 spiro atoms. The highest BCUT2D eigenvalue weighted by atomic mass is 16.5. The van der Waals surface area contributed by atoms with E-state index in [1.54, 1.807) is 18.6 Å². The predicted molar refractivity (Wildman–Crippen MR) is 105 cm³/mol. The van der Waals surface area contributed by atoms with Crippen molar-refractivity contribution in [3.63, 3.8) is 0 Å². The molecule has 1 fully saturated rings. The number of fused-ring (bicyclic) bond motifs is 1. The fraction of sp³-hybridized carbons (Fsp3) is 0.333. The van der Waals surface area contributed by atoms with Gasteiger partial charge in [0.05, 0.1) is 23.9 Å². The van der Waals surface area contributed by atoms with Crippen molar-refractivity contribution < 1.29 is 25.2 Å². The summed E-state index contributed by atoms with van der Waals surface area (Å²) < 4.78 is 5.46. The second kappa shape index (κ2) is 7.91. The lowest BCUT2D eigenvalue weighted by atomic mass is 9.95. The zero-order valence-corrected chi connectivity index (χ0v) is 15.6. The van der Waals surface area contributed by atoms with Crippen molar-refractivity contribution in [2.45, 2.75) is 37.4 Å². The summed E-state index contributed by atoms with van der Waals surface area (Å²) in [4.78, 5) is 4.19. The molecule has 0 radical (unpaired) electrons. The van der Waals surface area contributed by atoms with Gasteiger partial charge in [-0.25, -0.2) is 0 Å².